The number of amides is 2. The summed E-state index contributed by atoms with van der Waals surface area (Å²) >= 11 is 0. The summed E-state index contributed by atoms with van der Waals surface area (Å²) in [6.45, 7) is 0.896. The van der Waals surface area contributed by atoms with E-state index in [4.69, 9.17) is 0 Å². The molecule has 3 N–H and O–H groups in total. The van der Waals surface area contributed by atoms with Gasteiger partial charge in [0.05, 0.1) is 12.1 Å². The van der Waals surface area contributed by atoms with E-state index in [1.165, 1.54) is 18.2 Å². The molecule has 0 spiro atoms. The van der Waals surface area contributed by atoms with E-state index in [2.05, 4.69) is 15.4 Å². The monoisotopic (exact) mass is 609 g/mol. The number of carbonyl (C=O) groups is 2. The van der Waals surface area contributed by atoms with Gasteiger partial charge in [0.1, 0.15) is 5.75 Å². The maximum atomic E-state index is 13.8. The minimum absolute atomic E-state index is 0.0545. The first kappa shape index (κ1) is 31.5. The lowest BCUT2D eigenvalue weighted by Crippen LogP contribution is -2.48. The third-order valence-corrected chi connectivity index (χ3v) is 8.31. The molecule has 3 aromatic rings. The van der Waals surface area contributed by atoms with Crippen LogP contribution in [0.25, 0.3) is 0 Å². The van der Waals surface area contributed by atoms with E-state index in [-0.39, 0.29) is 30.7 Å². The Morgan fingerprint density at radius 1 is 0.977 bits per heavy atom. The number of rotatable bonds is 12. The Hall–Kier alpha value is -3.89. The zero-order valence-corrected chi connectivity index (χ0v) is 24.5. The minimum Gasteiger partial charge on any atom is -0.406 e. The molecule has 2 aliphatic rings. The number of aliphatic hydroxyl groups is 1. The van der Waals surface area contributed by atoms with Crippen LogP contribution >= 0.6 is 0 Å². The van der Waals surface area contributed by atoms with Crippen LogP contribution in [0.3, 0.4) is 0 Å². The number of benzene rings is 3. The van der Waals surface area contributed by atoms with Crippen molar-refractivity contribution in [2.45, 2.75) is 75.9 Å². The van der Waals surface area contributed by atoms with Crippen molar-refractivity contribution in [3.63, 3.8) is 0 Å². The first-order chi connectivity index (χ1) is 21.1. The molecule has 1 heterocycles. The molecule has 2 fully saturated rings. The highest BCUT2D eigenvalue weighted by molar-refractivity contribution is 5.99. The van der Waals surface area contributed by atoms with Gasteiger partial charge in [-0.3, -0.25) is 9.59 Å². The number of anilines is 1. The molecule has 2 amide bonds. The van der Waals surface area contributed by atoms with Gasteiger partial charge in [0, 0.05) is 37.3 Å². The van der Waals surface area contributed by atoms with Gasteiger partial charge in [-0.15, -0.1) is 13.2 Å². The summed E-state index contributed by atoms with van der Waals surface area (Å²) in [5, 5.41) is 17.4. The SMILES string of the molecule is O=C(NC(Cc1ccccc1)C(O)CNCc1cccc(OC(F)(F)F)c1)c1cc(C2CCCC2)cc(N2CCCC2=O)c1. The highest BCUT2D eigenvalue weighted by atomic mass is 19.4. The zero-order valence-electron chi connectivity index (χ0n) is 24.5. The summed E-state index contributed by atoms with van der Waals surface area (Å²) in [6, 6.07) is 20.2. The molecular weight excluding hydrogens is 571 g/mol. The number of hydrogen-bond donors (Lipinski definition) is 3. The van der Waals surface area contributed by atoms with Crippen molar-refractivity contribution in [2.75, 3.05) is 18.0 Å². The number of ether oxygens (including phenoxy) is 1. The van der Waals surface area contributed by atoms with Gasteiger partial charge in [-0.2, -0.15) is 0 Å². The van der Waals surface area contributed by atoms with Gasteiger partial charge in [0.15, 0.2) is 0 Å². The predicted octanol–water partition coefficient (Wildman–Crippen LogP) is 5.86. The Kier molecular flexibility index (Phi) is 10.2. The lowest BCUT2D eigenvalue weighted by atomic mass is 9.94. The van der Waals surface area contributed by atoms with Crippen LogP contribution in [0.4, 0.5) is 18.9 Å². The zero-order chi connectivity index (χ0) is 31.1. The molecule has 1 saturated heterocycles. The van der Waals surface area contributed by atoms with Gasteiger partial charge >= 0.3 is 6.36 Å². The average molecular weight is 610 g/mol. The summed E-state index contributed by atoms with van der Waals surface area (Å²) in [5.74, 6) is -0.260. The van der Waals surface area contributed by atoms with Gasteiger partial charge in [0.2, 0.25) is 5.91 Å². The molecule has 44 heavy (non-hydrogen) atoms. The summed E-state index contributed by atoms with van der Waals surface area (Å²) in [5.41, 5.74) is 3.72. The predicted molar refractivity (Wildman–Crippen MR) is 161 cm³/mol. The van der Waals surface area contributed by atoms with Crippen molar-refractivity contribution in [1.82, 2.24) is 10.6 Å². The van der Waals surface area contributed by atoms with Crippen LogP contribution in [0, 0.1) is 0 Å². The van der Waals surface area contributed by atoms with Crippen molar-refractivity contribution in [1.29, 1.82) is 0 Å². The number of halogens is 3. The van der Waals surface area contributed by atoms with Crippen LogP contribution in [-0.4, -0.2) is 48.5 Å². The summed E-state index contributed by atoms with van der Waals surface area (Å²) in [7, 11) is 0. The maximum Gasteiger partial charge on any atom is 0.573 e. The molecule has 3 aromatic carbocycles. The number of nitrogens with zero attached hydrogens (tertiary/aromatic N) is 1. The fraction of sp³-hybridized carbons (Fsp3) is 0.412. The first-order valence-electron chi connectivity index (χ1n) is 15.2. The summed E-state index contributed by atoms with van der Waals surface area (Å²) in [4.78, 5) is 28.1. The van der Waals surface area contributed by atoms with E-state index >= 15 is 0 Å². The van der Waals surface area contributed by atoms with E-state index in [9.17, 15) is 27.9 Å². The second-order valence-electron chi connectivity index (χ2n) is 11.6. The quantitative estimate of drug-likeness (QED) is 0.239. The third kappa shape index (κ3) is 8.60. The molecule has 2 unspecified atom stereocenters. The summed E-state index contributed by atoms with van der Waals surface area (Å²) < 4.78 is 41.9. The maximum absolute atomic E-state index is 13.8. The molecule has 7 nitrogen and oxygen atoms in total. The van der Waals surface area contributed by atoms with Crippen LogP contribution in [0.5, 0.6) is 5.75 Å². The molecule has 1 aliphatic heterocycles. The Morgan fingerprint density at radius 2 is 1.73 bits per heavy atom. The third-order valence-electron chi connectivity index (χ3n) is 8.31. The Bertz CT molecular complexity index is 1430. The van der Waals surface area contributed by atoms with Crippen molar-refractivity contribution in [3.8, 4) is 5.75 Å². The number of hydrogen-bond acceptors (Lipinski definition) is 5. The molecule has 1 saturated carbocycles. The topological polar surface area (TPSA) is 90.9 Å². The molecule has 2 atom stereocenters. The standard InChI is InChI=1S/C34H38F3N3O4/c35-34(36,37)44-29-13-6-10-24(16-29)21-38-22-31(41)30(17-23-8-2-1-3-9-23)39-33(43)27-18-26(25-11-4-5-12-25)19-28(20-27)40-15-7-14-32(40)42/h1-3,6,8-10,13,16,18-20,25,30-31,38,41H,4-5,7,11-12,14-15,17,21-22H2,(H,39,43). The molecular formula is C34H38F3N3O4. The number of carbonyl (C=O) groups excluding carboxylic acids is 2. The van der Waals surface area contributed by atoms with Gasteiger partial charge in [-0.05, 0) is 78.6 Å². The van der Waals surface area contributed by atoms with E-state index in [1.807, 2.05) is 42.5 Å². The van der Waals surface area contributed by atoms with Gasteiger partial charge in [0.25, 0.3) is 5.91 Å². The lowest BCUT2D eigenvalue weighted by Gasteiger charge is -2.26. The largest absolute Gasteiger partial charge is 0.573 e. The van der Waals surface area contributed by atoms with Crippen molar-refractivity contribution in [3.05, 3.63) is 95.1 Å². The van der Waals surface area contributed by atoms with Crippen molar-refractivity contribution < 1.29 is 32.6 Å². The van der Waals surface area contributed by atoms with Crippen LogP contribution in [0.2, 0.25) is 0 Å². The van der Waals surface area contributed by atoms with Crippen LogP contribution in [0.15, 0.2) is 72.8 Å². The molecule has 5 rings (SSSR count). The highest BCUT2D eigenvalue weighted by Gasteiger charge is 2.31. The minimum atomic E-state index is -4.79. The van der Waals surface area contributed by atoms with Crippen molar-refractivity contribution >= 4 is 17.5 Å². The second-order valence-corrected chi connectivity index (χ2v) is 11.6. The number of alkyl halides is 3. The molecule has 0 radical (unpaired) electrons. The highest BCUT2D eigenvalue weighted by Crippen LogP contribution is 2.37. The van der Waals surface area contributed by atoms with E-state index in [0.29, 0.717) is 36.4 Å². The van der Waals surface area contributed by atoms with Gasteiger partial charge in [-0.25, -0.2) is 0 Å². The molecule has 1 aliphatic carbocycles. The summed E-state index contributed by atoms with van der Waals surface area (Å²) in [6.07, 6.45) is 0.214. The van der Waals surface area contributed by atoms with Crippen molar-refractivity contribution in [2.24, 2.45) is 0 Å². The molecule has 0 aromatic heterocycles. The lowest BCUT2D eigenvalue weighted by molar-refractivity contribution is -0.274. The average Bonchev–Trinajstić information content (AvgIpc) is 3.69. The molecule has 0 bridgehead atoms. The number of aliphatic hydroxyl groups excluding tert-OH is 1. The van der Waals surface area contributed by atoms with E-state index < -0.39 is 18.5 Å². The second kappa shape index (κ2) is 14.3. The van der Waals surface area contributed by atoms with Gasteiger partial charge in [-0.1, -0.05) is 55.3 Å². The Morgan fingerprint density at radius 3 is 2.43 bits per heavy atom. The van der Waals surface area contributed by atoms with Gasteiger partial charge < -0.3 is 25.4 Å². The van der Waals surface area contributed by atoms with E-state index in [1.54, 1.807) is 17.0 Å². The smallest absolute Gasteiger partial charge is 0.406 e. The van der Waals surface area contributed by atoms with Crippen LogP contribution in [0.1, 0.15) is 71.5 Å². The Labute approximate surface area is 255 Å². The Balaban J connectivity index is 1.31. The van der Waals surface area contributed by atoms with Crippen LogP contribution in [-0.2, 0) is 17.8 Å². The molecule has 10 heteroatoms. The fourth-order valence-corrected chi connectivity index (χ4v) is 6.10. The van der Waals surface area contributed by atoms with E-state index in [0.717, 1.165) is 48.9 Å². The molecule has 234 valence electrons. The number of nitrogens with one attached hydrogen (secondary N) is 2. The van der Waals surface area contributed by atoms with Crippen LogP contribution < -0.4 is 20.3 Å². The fourth-order valence-electron chi connectivity index (χ4n) is 6.10. The first-order valence-corrected chi connectivity index (χ1v) is 15.2. The normalized spacial score (nSPS) is 17.1.